The van der Waals surface area contributed by atoms with Crippen LogP contribution in [0.5, 0.6) is 0 Å². The second-order valence-corrected chi connectivity index (χ2v) is 6.98. The van der Waals surface area contributed by atoms with Crippen molar-refractivity contribution in [2.24, 2.45) is 5.92 Å². The first-order valence-electron chi connectivity index (χ1n) is 8.61. The zero-order valence-electron chi connectivity index (χ0n) is 14.3. The van der Waals surface area contributed by atoms with Crippen LogP contribution in [0.4, 0.5) is 4.79 Å². The van der Waals surface area contributed by atoms with Gasteiger partial charge in [0, 0.05) is 51.4 Å². The molecule has 0 aromatic rings. The van der Waals surface area contributed by atoms with Crippen LogP contribution < -0.4 is 5.32 Å². The number of piperazine rings is 1. The van der Waals surface area contributed by atoms with Crippen LogP contribution in [0.25, 0.3) is 0 Å². The van der Waals surface area contributed by atoms with Crippen molar-refractivity contribution in [1.29, 1.82) is 0 Å². The first-order valence-corrected chi connectivity index (χ1v) is 8.61. The molecule has 2 aliphatic rings. The molecule has 6 heteroatoms. The Kier molecular flexibility index (Phi) is 6.47. The van der Waals surface area contributed by atoms with Gasteiger partial charge in [-0.3, -0.25) is 4.90 Å². The molecular weight excluding hydrogens is 280 g/mol. The van der Waals surface area contributed by atoms with E-state index in [1.807, 2.05) is 0 Å². The standard InChI is InChI=1S/C16H32N4O2/c1-13(2)15(19-8-6-18(3)7-9-19)12-17-16(22)20(10-11-21)14-4-5-14/h13-15,21H,4-12H2,1-3H3,(H,17,22). The normalized spacial score (nSPS) is 21.9. The molecule has 0 bridgehead atoms. The van der Waals surface area contributed by atoms with Crippen LogP contribution in [0.3, 0.4) is 0 Å². The van der Waals surface area contributed by atoms with Gasteiger partial charge in [0.05, 0.1) is 6.61 Å². The van der Waals surface area contributed by atoms with Crippen LogP contribution in [0.1, 0.15) is 26.7 Å². The maximum absolute atomic E-state index is 12.4. The number of urea groups is 1. The molecule has 2 fully saturated rings. The van der Waals surface area contributed by atoms with Crippen LogP contribution >= 0.6 is 0 Å². The van der Waals surface area contributed by atoms with E-state index in [0.29, 0.717) is 31.1 Å². The topological polar surface area (TPSA) is 59.1 Å². The molecule has 6 nitrogen and oxygen atoms in total. The minimum atomic E-state index is -0.0173. The number of rotatable bonds is 7. The van der Waals surface area contributed by atoms with Crippen molar-refractivity contribution in [3.63, 3.8) is 0 Å². The molecule has 0 aromatic carbocycles. The van der Waals surface area contributed by atoms with Crippen LogP contribution in [-0.2, 0) is 0 Å². The summed E-state index contributed by atoms with van der Waals surface area (Å²) < 4.78 is 0. The molecule has 1 atom stereocenters. The Bertz CT molecular complexity index is 352. The molecule has 22 heavy (non-hydrogen) atoms. The summed E-state index contributed by atoms with van der Waals surface area (Å²) in [6.45, 7) is 9.94. The zero-order valence-corrected chi connectivity index (χ0v) is 14.3. The largest absolute Gasteiger partial charge is 0.395 e. The predicted octanol–water partition coefficient (Wildman–Crippen LogP) is 0.425. The van der Waals surface area contributed by atoms with Gasteiger partial charge < -0.3 is 20.2 Å². The summed E-state index contributed by atoms with van der Waals surface area (Å²) in [7, 11) is 2.16. The highest BCUT2D eigenvalue weighted by Crippen LogP contribution is 2.26. The zero-order chi connectivity index (χ0) is 16.1. The third kappa shape index (κ3) is 4.83. The highest BCUT2D eigenvalue weighted by atomic mass is 16.3. The minimum Gasteiger partial charge on any atom is -0.395 e. The highest BCUT2D eigenvalue weighted by molar-refractivity contribution is 5.75. The minimum absolute atomic E-state index is 0.0173. The van der Waals surface area contributed by atoms with Gasteiger partial charge in [-0.05, 0) is 25.8 Å². The molecule has 1 saturated carbocycles. The fourth-order valence-corrected chi connectivity index (χ4v) is 3.18. The van der Waals surface area contributed by atoms with Crippen molar-refractivity contribution in [3.8, 4) is 0 Å². The van der Waals surface area contributed by atoms with Gasteiger partial charge in [0.25, 0.3) is 0 Å². The summed E-state index contributed by atoms with van der Waals surface area (Å²) in [6.07, 6.45) is 2.14. The molecule has 1 unspecified atom stereocenters. The van der Waals surface area contributed by atoms with Gasteiger partial charge in [0.15, 0.2) is 0 Å². The van der Waals surface area contributed by atoms with Crippen molar-refractivity contribution < 1.29 is 9.90 Å². The molecule has 1 heterocycles. The van der Waals surface area contributed by atoms with E-state index in [-0.39, 0.29) is 12.6 Å². The van der Waals surface area contributed by atoms with Gasteiger partial charge in [-0.2, -0.15) is 0 Å². The van der Waals surface area contributed by atoms with Crippen LogP contribution in [0, 0.1) is 5.92 Å². The Morgan fingerprint density at radius 1 is 1.27 bits per heavy atom. The van der Waals surface area contributed by atoms with E-state index in [0.717, 1.165) is 39.0 Å². The average Bonchev–Trinajstić information content (AvgIpc) is 3.30. The Labute approximate surface area is 134 Å². The van der Waals surface area contributed by atoms with E-state index in [1.165, 1.54) is 0 Å². The lowest BCUT2D eigenvalue weighted by Crippen LogP contribution is -2.55. The summed E-state index contributed by atoms with van der Waals surface area (Å²) in [5.41, 5.74) is 0. The van der Waals surface area contributed by atoms with Crippen molar-refractivity contribution in [2.75, 3.05) is 52.9 Å². The van der Waals surface area contributed by atoms with Crippen molar-refractivity contribution >= 4 is 6.03 Å². The van der Waals surface area contributed by atoms with Gasteiger partial charge in [-0.15, -0.1) is 0 Å². The van der Waals surface area contributed by atoms with Gasteiger partial charge in [0.2, 0.25) is 0 Å². The highest BCUT2D eigenvalue weighted by Gasteiger charge is 2.33. The molecule has 1 aliphatic carbocycles. The van der Waals surface area contributed by atoms with E-state index in [2.05, 4.69) is 36.0 Å². The summed E-state index contributed by atoms with van der Waals surface area (Å²) in [5.74, 6) is 0.510. The Hall–Kier alpha value is -0.850. The maximum atomic E-state index is 12.4. The number of hydrogen-bond donors (Lipinski definition) is 2. The summed E-state index contributed by atoms with van der Waals surface area (Å²) >= 11 is 0. The second kappa shape index (κ2) is 8.13. The predicted molar refractivity (Wildman–Crippen MR) is 87.9 cm³/mol. The number of hydrogen-bond acceptors (Lipinski definition) is 4. The molecule has 0 radical (unpaired) electrons. The van der Waals surface area contributed by atoms with E-state index >= 15 is 0 Å². The van der Waals surface area contributed by atoms with E-state index < -0.39 is 0 Å². The lowest BCUT2D eigenvalue weighted by Gasteiger charge is -2.40. The SMILES string of the molecule is CC(C)C(CNC(=O)N(CCO)C1CC1)N1CCN(C)CC1. The lowest BCUT2D eigenvalue weighted by molar-refractivity contribution is 0.0870. The number of nitrogens with one attached hydrogen (secondary N) is 1. The quantitative estimate of drug-likeness (QED) is 0.715. The average molecular weight is 312 g/mol. The Morgan fingerprint density at radius 2 is 1.91 bits per heavy atom. The molecule has 2 amide bonds. The van der Waals surface area contributed by atoms with Gasteiger partial charge >= 0.3 is 6.03 Å². The number of nitrogens with zero attached hydrogens (tertiary/aromatic N) is 3. The van der Waals surface area contributed by atoms with E-state index in [4.69, 9.17) is 5.11 Å². The summed E-state index contributed by atoms with van der Waals surface area (Å²) in [5, 5.41) is 12.2. The number of aliphatic hydroxyl groups excluding tert-OH is 1. The fourth-order valence-electron chi connectivity index (χ4n) is 3.18. The molecule has 128 valence electrons. The number of carbonyl (C=O) groups excluding carboxylic acids is 1. The van der Waals surface area contributed by atoms with Crippen molar-refractivity contribution in [1.82, 2.24) is 20.0 Å². The lowest BCUT2D eigenvalue weighted by atomic mass is 10.0. The van der Waals surface area contributed by atoms with Gasteiger partial charge in [0.1, 0.15) is 0 Å². The first-order chi connectivity index (χ1) is 10.5. The van der Waals surface area contributed by atoms with Crippen LogP contribution in [-0.4, -0.2) is 90.8 Å². The summed E-state index contributed by atoms with van der Waals surface area (Å²) in [6, 6.07) is 0.706. The van der Waals surface area contributed by atoms with Crippen molar-refractivity contribution in [2.45, 2.75) is 38.8 Å². The molecule has 1 aliphatic heterocycles. The fraction of sp³-hybridized carbons (Fsp3) is 0.938. The monoisotopic (exact) mass is 312 g/mol. The van der Waals surface area contributed by atoms with Gasteiger partial charge in [-0.1, -0.05) is 13.8 Å². The second-order valence-electron chi connectivity index (χ2n) is 6.98. The third-order valence-electron chi connectivity index (χ3n) is 4.83. The van der Waals surface area contributed by atoms with Crippen molar-refractivity contribution in [3.05, 3.63) is 0 Å². The third-order valence-corrected chi connectivity index (χ3v) is 4.83. The number of carbonyl (C=O) groups is 1. The van der Waals surface area contributed by atoms with E-state index in [9.17, 15) is 4.79 Å². The molecule has 0 aromatic heterocycles. The number of aliphatic hydroxyl groups is 1. The molecular formula is C16H32N4O2. The van der Waals surface area contributed by atoms with Crippen LogP contribution in [0.15, 0.2) is 0 Å². The van der Waals surface area contributed by atoms with Crippen LogP contribution in [0.2, 0.25) is 0 Å². The molecule has 2 rings (SSSR count). The summed E-state index contributed by atoms with van der Waals surface area (Å²) in [4.78, 5) is 19.0. The number of likely N-dealkylation sites (N-methyl/N-ethyl adjacent to an activating group) is 1. The smallest absolute Gasteiger partial charge is 0.317 e. The molecule has 0 spiro atoms. The maximum Gasteiger partial charge on any atom is 0.317 e. The first kappa shape index (κ1) is 17.5. The number of amides is 2. The Balaban J connectivity index is 1.84. The Morgan fingerprint density at radius 3 is 2.41 bits per heavy atom. The van der Waals surface area contributed by atoms with E-state index in [1.54, 1.807) is 4.90 Å². The molecule has 2 N–H and O–H groups in total. The molecule has 1 saturated heterocycles. The van der Waals surface area contributed by atoms with Gasteiger partial charge in [-0.25, -0.2) is 4.79 Å².